The Hall–Kier alpha value is -1.91. The molecule has 1 aromatic heterocycles. The normalized spacial score (nSPS) is 15.4. The molecule has 0 atom stereocenters. The van der Waals surface area contributed by atoms with Crippen molar-refractivity contribution in [1.82, 2.24) is 15.2 Å². The smallest absolute Gasteiger partial charge is 0.324 e. The van der Waals surface area contributed by atoms with Crippen molar-refractivity contribution in [3.05, 3.63) is 30.1 Å². The third kappa shape index (κ3) is 1.44. The number of nitrogens with one attached hydrogen (secondary N) is 1. The molecule has 1 aromatic rings. The number of imide groups is 1. The van der Waals surface area contributed by atoms with Crippen molar-refractivity contribution >= 4 is 11.9 Å². The number of carbonyl (C=O) groups is 2. The molecular formula is C9H9N3O2. The van der Waals surface area contributed by atoms with Crippen LogP contribution in [0.15, 0.2) is 24.5 Å². The zero-order chi connectivity index (χ0) is 9.97. The fraction of sp³-hybridized carbons (Fsp3) is 0.222. The van der Waals surface area contributed by atoms with E-state index in [0.29, 0.717) is 18.7 Å². The van der Waals surface area contributed by atoms with Crippen LogP contribution < -0.4 is 5.32 Å². The van der Waals surface area contributed by atoms with E-state index in [2.05, 4.69) is 10.3 Å². The number of amides is 3. The van der Waals surface area contributed by atoms with Crippen LogP contribution in [-0.4, -0.2) is 34.9 Å². The first-order valence-corrected chi connectivity index (χ1v) is 4.29. The van der Waals surface area contributed by atoms with Gasteiger partial charge in [-0.05, 0) is 12.1 Å². The molecule has 5 nitrogen and oxygen atoms in total. The van der Waals surface area contributed by atoms with Gasteiger partial charge in [0.15, 0.2) is 0 Å². The number of rotatable bonds is 1. The summed E-state index contributed by atoms with van der Waals surface area (Å²) in [6.07, 6.45) is 3.04. The van der Waals surface area contributed by atoms with Crippen molar-refractivity contribution in [2.45, 2.75) is 0 Å². The van der Waals surface area contributed by atoms with E-state index in [4.69, 9.17) is 0 Å². The van der Waals surface area contributed by atoms with Crippen molar-refractivity contribution in [3.63, 3.8) is 0 Å². The number of pyridine rings is 1. The van der Waals surface area contributed by atoms with Crippen LogP contribution >= 0.6 is 0 Å². The molecule has 0 spiro atoms. The zero-order valence-corrected chi connectivity index (χ0v) is 7.43. The molecule has 0 radical (unpaired) electrons. The summed E-state index contributed by atoms with van der Waals surface area (Å²) in [5, 5.41) is 2.57. The van der Waals surface area contributed by atoms with Crippen LogP contribution in [0.4, 0.5) is 4.79 Å². The topological polar surface area (TPSA) is 62.3 Å². The number of aromatic nitrogens is 1. The Bertz CT molecular complexity index is 364. The second-order valence-corrected chi connectivity index (χ2v) is 2.93. The fourth-order valence-corrected chi connectivity index (χ4v) is 1.31. The molecular weight excluding hydrogens is 182 g/mol. The molecule has 0 bridgehead atoms. The summed E-state index contributed by atoms with van der Waals surface area (Å²) in [7, 11) is 0. The Labute approximate surface area is 80.7 Å². The Morgan fingerprint density at radius 3 is 3.00 bits per heavy atom. The van der Waals surface area contributed by atoms with Crippen LogP contribution in [0.2, 0.25) is 0 Å². The molecule has 1 saturated heterocycles. The van der Waals surface area contributed by atoms with Gasteiger partial charge in [0, 0.05) is 25.5 Å². The average molecular weight is 191 g/mol. The highest BCUT2D eigenvalue weighted by Gasteiger charge is 2.26. The van der Waals surface area contributed by atoms with Gasteiger partial charge in [-0.2, -0.15) is 0 Å². The van der Waals surface area contributed by atoms with Crippen molar-refractivity contribution in [1.29, 1.82) is 0 Å². The standard InChI is InChI=1S/C9H9N3O2/c13-8(7-2-1-3-10-6-7)12-5-4-11-9(12)14/h1-3,6H,4-5H2,(H,11,14). The van der Waals surface area contributed by atoms with Crippen LogP contribution in [0.5, 0.6) is 0 Å². The lowest BCUT2D eigenvalue weighted by molar-refractivity contribution is 0.0829. The highest BCUT2D eigenvalue weighted by Crippen LogP contribution is 2.05. The number of hydrogen-bond acceptors (Lipinski definition) is 3. The van der Waals surface area contributed by atoms with Crippen LogP contribution in [0, 0.1) is 0 Å². The number of urea groups is 1. The minimum Gasteiger partial charge on any atom is -0.336 e. The van der Waals surface area contributed by atoms with Gasteiger partial charge in [0.05, 0.1) is 5.56 Å². The molecule has 0 aromatic carbocycles. The summed E-state index contributed by atoms with van der Waals surface area (Å²) in [4.78, 5) is 27.8. The van der Waals surface area contributed by atoms with Gasteiger partial charge in [0.1, 0.15) is 0 Å². The molecule has 1 N–H and O–H groups in total. The SMILES string of the molecule is O=C1NCCN1C(=O)c1cccnc1. The molecule has 0 unspecified atom stereocenters. The molecule has 5 heteroatoms. The molecule has 1 fully saturated rings. The van der Waals surface area contributed by atoms with Crippen molar-refractivity contribution in [2.24, 2.45) is 0 Å². The zero-order valence-electron chi connectivity index (χ0n) is 7.43. The quantitative estimate of drug-likeness (QED) is 0.692. The molecule has 14 heavy (non-hydrogen) atoms. The van der Waals surface area contributed by atoms with Crippen molar-refractivity contribution < 1.29 is 9.59 Å². The van der Waals surface area contributed by atoms with Gasteiger partial charge in [0.2, 0.25) is 0 Å². The van der Waals surface area contributed by atoms with E-state index < -0.39 is 0 Å². The Morgan fingerprint density at radius 1 is 1.57 bits per heavy atom. The van der Waals surface area contributed by atoms with E-state index in [0.717, 1.165) is 0 Å². The summed E-state index contributed by atoms with van der Waals surface area (Å²) < 4.78 is 0. The van der Waals surface area contributed by atoms with E-state index in [-0.39, 0.29) is 11.9 Å². The second kappa shape index (κ2) is 3.45. The van der Waals surface area contributed by atoms with Gasteiger partial charge >= 0.3 is 6.03 Å². The second-order valence-electron chi connectivity index (χ2n) is 2.93. The van der Waals surface area contributed by atoms with Crippen molar-refractivity contribution in [2.75, 3.05) is 13.1 Å². The number of nitrogens with zero attached hydrogens (tertiary/aromatic N) is 2. The molecule has 3 amide bonds. The van der Waals surface area contributed by atoms with Gasteiger partial charge in [-0.15, -0.1) is 0 Å². The molecule has 72 valence electrons. The Kier molecular flexibility index (Phi) is 2.14. The van der Waals surface area contributed by atoms with E-state index in [1.165, 1.54) is 11.1 Å². The van der Waals surface area contributed by atoms with Crippen LogP contribution in [-0.2, 0) is 0 Å². The molecule has 0 saturated carbocycles. The first-order chi connectivity index (χ1) is 6.79. The first-order valence-electron chi connectivity index (χ1n) is 4.29. The van der Waals surface area contributed by atoms with Gasteiger partial charge in [-0.3, -0.25) is 14.7 Å². The van der Waals surface area contributed by atoms with Crippen molar-refractivity contribution in [3.8, 4) is 0 Å². The van der Waals surface area contributed by atoms with Crippen LogP contribution in [0.3, 0.4) is 0 Å². The maximum atomic E-state index is 11.7. The summed E-state index contributed by atoms with van der Waals surface area (Å²) in [6, 6.07) is 2.97. The van der Waals surface area contributed by atoms with E-state index in [1.54, 1.807) is 18.3 Å². The fourth-order valence-electron chi connectivity index (χ4n) is 1.31. The maximum Gasteiger partial charge on any atom is 0.324 e. The molecule has 1 aliphatic rings. The van der Waals surface area contributed by atoms with Gasteiger partial charge in [-0.1, -0.05) is 0 Å². The third-order valence-electron chi connectivity index (χ3n) is 2.01. The third-order valence-corrected chi connectivity index (χ3v) is 2.01. The summed E-state index contributed by atoms with van der Waals surface area (Å²) >= 11 is 0. The van der Waals surface area contributed by atoms with E-state index >= 15 is 0 Å². The largest absolute Gasteiger partial charge is 0.336 e. The number of carbonyl (C=O) groups excluding carboxylic acids is 2. The minimum atomic E-state index is -0.334. The monoisotopic (exact) mass is 191 g/mol. The van der Waals surface area contributed by atoms with Crippen LogP contribution in [0.1, 0.15) is 10.4 Å². The van der Waals surface area contributed by atoms with Gasteiger partial charge < -0.3 is 5.32 Å². The lowest BCUT2D eigenvalue weighted by atomic mass is 10.2. The average Bonchev–Trinajstić information content (AvgIpc) is 2.65. The predicted molar refractivity (Wildman–Crippen MR) is 48.7 cm³/mol. The molecule has 1 aliphatic heterocycles. The van der Waals surface area contributed by atoms with Gasteiger partial charge in [-0.25, -0.2) is 4.79 Å². The summed E-state index contributed by atoms with van der Waals surface area (Å²) in [6.45, 7) is 0.942. The van der Waals surface area contributed by atoms with E-state index in [1.807, 2.05) is 0 Å². The molecule has 2 heterocycles. The number of hydrogen-bond donors (Lipinski definition) is 1. The Balaban J connectivity index is 2.20. The van der Waals surface area contributed by atoms with Gasteiger partial charge in [0.25, 0.3) is 5.91 Å². The predicted octanol–water partition coefficient (Wildman–Crippen LogP) is 0.247. The van der Waals surface area contributed by atoms with E-state index in [9.17, 15) is 9.59 Å². The summed E-state index contributed by atoms with van der Waals surface area (Å²) in [5.74, 6) is -0.298. The molecule has 0 aliphatic carbocycles. The minimum absolute atomic E-state index is 0.298. The highest BCUT2D eigenvalue weighted by molar-refractivity contribution is 6.04. The molecule has 2 rings (SSSR count). The highest BCUT2D eigenvalue weighted by atomic mass is 16.2. The first kappa shape index (κ1) is 8.68. The lowest BCUT2D eigenvalue weighted by Gasteiger charge is -2.10. The lowest BCUT2D eigenvalue weighted by Crippen LogP contribution is -2.34. The Morgan fingerprint density at radius 2 is 2.43 bits per heavy atom. The summed E-state index contributed by atoms with van der Waals surface area (Å²) in [5.41, 5.74) is 0.435. The maximum absolute atomic E-state index is 11.7. The van der Waals surface area contributed by atoms with Crippen LogP contribution in [0.25, 0.3) is 0 Å².